The van der Waals surface area contributed by atoms with Crippen LogP contribution < -0.4 is 4.74 Å². The fourth-order valence-corrected chi connectivity index (χ4v) is 2.87. The van der Waals surface area contributed by atoms with E-state index in [4.69, 9.17) is 14.7 Å². The number of aromatic nitrogens is 2. The normalized spacial score (nSPS) is 24.8. The molecule has 22 heavy (non-hydrogen) atoms. The number of ether oxygens (including phenoxy) is 2. The minimum Gasteiger partial charge on any atom is -0.470 e. The Morgan fingerprint density at radius 3 is 3.05 bits per heavy atom. The summed E-state index contributed by atoms with van der Waals surface area (Å²) in [6.45, 7) is 2.45. The Hall–Kier alpha value is -2.20. The van der Waals surface area contributed by atoms with Crippen molar-refractivity contribution in [3.8, 4) is 11.9 Å². The van der Waals surface area contributed by atoms with Gasteiger partial charge < -0.3 is 14.4 Å². The highest BCUT2D eigenvalue weighted by Gasteiger charge is 2.32. The number of likely N-dealkylation sites (tertiary alicyclic amines) is 1. The van der Waals surface area contributed by atoms with E-state index in [9.17, 15) is 4.79 Å². The molecule has 2 fully saturated rings. The van der Waals surface area contributed by atoms with Crippen molar-refractivity contribution in [2.45, 2.75) is 25.4 Å². The smallest absolute Gasteiger partial charge is 0.251 e. The third-order valence-corrected chi connectivity index (χ3v) is 4.02. The van der Waals surface area contributed by atoms with E-state index in [0.717, 1.165) is 25.8 Å². The minimum atomic E-state index is -0.149. The Balaban J connectivity index is 1.63. The van der Waals surface area contributed by atoms with Crippen LogP contribution in [0.1, 0.15) is 25.0 Å². The summed E-state index contributed by atoms with van der Waals surface area (Å²) in [6.07, 6.45) is 5.33. The molecule has 1 aromatic rings. The molecule has 0 saturated carbocycles. The van der Waals surface area contributed by atoms with E-state index in [1.54, 1.807) is 0 Å². The summed E-state index contributed by atoms with van der Waals surface area (Å²) in [5.41, 5.74) is 0.176. The van der Waals surface area contributed by atoms with Crippen molar-refractivity contribution in [2.24, 2.45) is 5.92 Å². The largest absolute Gasteiger partial charge is 0.470 e. The second-order valence-corrected chi connectivity index (χ2v) is 5.55. The number of carbonyl (C=O) groups is 1. The first-order chi connectivity index (χ1) is 10.8. The van der Waals surface area contributed by atoms with Gasteiger partial charge in [0.25, 0.3) is 5.88 Å². The van der Waals surface area contributed by atoms with Crippen molar-refractivity contribution in [1.29, 1.82) is 5.26 Å². The molecule has 3 rings (SSSR count). The minimum absolute atomic E-state index is 0.0232. The van der Waals surface area contributed by atoms with Gasteiger partial charge in [-0.15, -0.1) is 0 Å². The highest BCUT2D eigenvalue weighted by atomic mass is 16.5. The van der Waals surface area contributed by atoms with Crippen LogP contribution in [0.15, 0.2) is 12.4 Å². The van der Waals surface area contributed by atoms with Gasteiger partial charge >= 0.3 is 0 Å². The maximum Gasteiger partial charge on any atom is 0.251 e. The van der Waals surface area contributed by atoms with Crippen molar-refractivity contribution in [2.75, 3.05) is 26.3 Å². The molecule has 1 aromatic heterocycles. The van der Waals surface area contributed by atoms with E-state index in [-0.39, 0.29) is 29.5 Å². The lowest BCUT2D eigenvalue weighted by Crippen LogP contribution is -2.46. The first-order valence-electron chi connectivity index (χ1n) is 7.52. The lowest BCUT2D eigenvalue weighted by molar-refractivity contribution is -0.138. The molecule has 7 heteroatoms. The number of piperidine rings is 1. The zero-order valence-corrected chi connectivity index (χ0v) is 12.3. The average molecular weight is 302 g/mol. The van der Waals surface area contributed by atoms with Crippen LogP contribution in [-0.4, -0.2) is 53.2 Å². The summed E-state index contributed by atoms with van der Waals surface area (Å²) >= 11 is 0. The maximum absolute atomic E-state index is 12.4. The second-order valence-electron chi connectivity index (χ2n) is 5.55. The van der Waals surface area contributed by atoms with Crippen LogP contribution in [-0.2, 0) is 9.53 Å². The van der Waals surface area contributed by atoms with Crippen LogP contribution in [0.4, 0.5) is 0 Å². The third kappa shape index (κ3) is 3.17. The van der Waals surface area contributed by atoms with Gasteiger partial charge in [0.2, 0.25) is 11.6 Å². The topological polar surface area (TPSA) is 88.3 Å². The lowest BCUT2D eigenvalue weighted by atomic mass is 10.0. The number of amides is 1. The van der Waals surface area contributed by atoms with Gasteiger partial charge in [0, 0.05) is 25.5 Å². The summed E-state index contributed by atoms with van der Waals surface area (Å²) in [5, 5.41) is 9.02. The Morgan fingerprint density at radius 1 is 1.41 bits per heavy atom. The van der Waals surface area contributed by atoms with E-state index < -0.39 is 0 Å². The maximum atomic E-state index is 12.4. The van der Waals surface area contributed by atoms with Crippen molar-refractivity contribution >= 4 is 5.91 Å². The van der Waals surface area contributed by atoms with Crippen molar-refractivity contribution in [3.05, 3.63) is 18.1 Å². The Kier molecular flexibility index (Phi) is 4.49. The first kappa shape index (κ1) is 14.7. The monoisotopic (exact) mass is 302 g/mol. The van der Waals surface area contributed by atoms with Gasteiger partial charge in [-0.25, -0.2) is 9.97 Å². The van der Waals surface area contributed by atoms with Crippen LogP contribution in [0.5, 0.6) is 5.88 Å². The number of rotatable bonds is 3. The fourth-order valence-electron chi connectivity index (χ4n) is 2.87. The highest BCUT2D eigenvalue weighted by molar-refractivity contribution is 5.79. The van der Waals surface area contributed by atoms with Crippen molar-refractivity contribution in [1.82, 2.24) is 14.9 Å². The van der Waals surface area contributed by atoms with Gasteiger partial charge in [-0.3, -0.25) is 4.79 Å². The molecule has 2 aliphatic heterocycles. The fraction of sp³-hybridized carbons (Fsp3) is 0.600. The molecule has 116 valence electrons. The molecule has 0 unspecified atom stereocenters. The number of carbonyl (C=O) groups excluding carboxylic acids is 1. The molecule has 0 spiro atoms. The SMILES string of the molecule is N#Cc1nccnc1O[C@@H]1CCCN(C(=O)[C@H]2CCOC2)C1. The molecule has 2 aliphatic rings. The molecule has 3 heterocycles. The van der Waals surface area contributed by atoms with Gasteiger partial charge in [-0.05, 0) is 19.3 Å². The molecule has 2 saturated heterocycles. The van der Waals surface area contributed by atoms with Crippen LogP contribution in [0, 0.1) is 17.2 Å². The molecule has 0 aliphatic carbocycles. The van der Waals surface area contributed by atoms with Crippen LogP contribution in [0.3, 0.4) is 0 Å². The quantitative estimate of drug-likeness (QED) is 0.819. The molecule has 2 atom stereocenters. The van der Waals surface area contributed by atoms with E-state index >= 15 is 0 Å². The molecule has 1 amide bonds. The number of nitrogens with zero attached hydrogens (tertiary/aromatic N) is 4. The van der Waals surface area contributed by atoms with Crippen molar-refractivity contribution in [3.63, 3.8) is 0 Å². The molecule has 0 radical (unpaired) electrons. The van der Waals surface area contributed by atoms with Crippen molar-refractivity contribution < 1.29 is 14.3 Å². The van der Waals surface area contributed by atoms with E-state index in [2.05, 4.69) is 9.97 Å². The van der Waals surface area contributed by atoms with Gasteiger partial charge in [0.15, 0.2) is 0 Å². The number of hydrogen-bond acceptors (Lipinski definition) is 6. The van der Waals surface area contributed by atoms with Crippen LogP contribution in [0.2, 0.25) is 0 Å². The Labute approximate surface area is 128 Å². The van der Waals surface area contributed by atoms with E-state index in [0.29, 0.717) is 19.8 Å². The lowest BCUT2D eigenvalue weighted by Gasteiger charge is -2.33. The van der Waals surface area contributed by atoms with Crippen LogP contribution in [0.25, 0.3) is 0 Å². The van der Waals surface area contributed by atoms with E-state index in [1.165, 1.54) is 12.4 Å². The third-order valence-electron chi connectivity index (χ3n) is 4.02. The molecular formula is C15H18N4O3. The van der Waals surface area contributed by atoms with Gasteiger partial charge in [-0.2, -0.15) is 5.26 Å². The summed E-state index contributed by atoms with van der Waals surface area (Å²) in [5.74, 6) is 0.365. The molecule has 7 nitrogen and oxygen atoms in total. The predicted molar refractivity (Wildman–Crippen MR) is 75.9 cm³/mol. The van der Waals surface area contributed by atoms with Gasteiger partial charge in [-0.1, -0.05) is 0 Å². The predicted octanol–water partition coefficient (Wildman–Crippen LogP) is 0.755. The summed E-state index contributed by atoms with van der Waals surface area (Å²) in [4.78, 5) is 22.3. The van der Waals surface area contributed by atoms with Crippen LogP contribution >= 0.6 is 0 Å². The number of nitriles is 1. The summed E-state index contributed by atoms with van der Waals surface area (Å²) in [6, 6.07) is 1.97. The van der Waals surface area contributed by atoms with E-state index in [1.807, 2.05) is 11.0 Å². The Bertz CT molecular complexity index is 580. The second kappa shape index (κ2) is 6.71. The average Bonchev–Trinajstić information content (AvgIpc) is 3.09. The number of hydrogen-bond donors (Lipinski definition) is 0. The van der Waals surface area contributed by atoms with Gasteiger partial charge in [0.1, 0.15) is 12.2 Å². The molecule has 0 aromatic carbocycles. The highest BCUT2D eigenvalue weighted by Crippen LogP contribution is 2.22. The van der Waals surface area contributed by atoms with Gasteiger partial charge in [0.05, 0.1) is 19.1 Å². The Morgan fingerprint density at radius 2 is 2.27 bits per heavy atom. The zero-order valence-electron chi connectivity index (χ0n) is 12.3. The molecule has 0 bridgehead atoms. The zero-order chi connectivity index (χ0) is 15.4. The summed E-state index contributed by atoms with van der Waals surface area (Å²) in [7, 11) is 0. The first-order valence-corrected chi connectivity index (χ1v) is 7.52. The summed E-state index contributed by atoms with van der Waals surface area (Å²) < 4.78 is 11.1. The molecule has 0 N–H and O–H groups in total. The molecular weight excluding hydrogens is 284 g/mol. The standard InChI is InChI=1S/C15H18N4O3/c16-8-13-14(18-5-4-17-13)22-12-2-1-6-19(9-12)15(20)11-3-7-21-10-11/h4-5,11-12H,1-3,6-7,9-10H2/t11-,12+/m0/s1.